The molecule has 0 spiro atoms. The number of nitrogens with zero attached hydrogens (tertiary/aromatic N) is 2. The van der Waals surface area contributed by atoms with Gasteiger partial charge >= 0.3 is 0 Å². The highest BCUT2D eigenvalue weighted by atomic mass is 16.1. The van der Waals surface area contributed by atoms with Gasteiger partial charge in [-0.2, -0.15) is 5.26 Å². The van der Waals surface area contributed by atoms with Crippen LogP contribution in [0.2, 0.25) is 0 Å². The fraction of sp³-hybridized carbons (Fsp3) is 0.462. The fourth-order valence-electron chi connectivity index (χ4n) is 2.11. The summed E-state index contributed by atoms with van der Waals surface area (Å²) in [6.45, 7) is 1.66. The van der Waals surface area contributed by atoms with E-state index in [9.17, 15) is 4.79 Å². The van der Waals surface area contributed by atoms with Gasteiger partial charge < -0.3 is 11.1 Å². The number of pyridine rings is 1. The third-order valence-corrected chi connectivity index (χ3v) is 3.20. The third-order valence-electron chi connectivity index (χ3n) is 3.20. The van der Waals surface area contributed by atoms with Crippen molar-refractivity contribution < 1.29 is 4.79 Å². The molecule has 18 heavy (non-hydrogen) atoms. The van der Waals surface area contributed by atoms with Crippen LogP contribution in [0.5, 0.6) is 0 Å². The highest BCUT2D eigenvalue weighted by Gasteiger charge is 2.17. The zero-order valence-electron chi connectivity index (χ0n) is 10.4. The van der Waals surface area contributed by atoms with Gasteiger partial charge in [0.15, 0.2) is 0 Å². The maximum Gasteiger partial charge on any atom is 0.239 e. The van der Waals surface area contributed by atoms with E-state index in [4.69, 9.17) is 11.0 Å². The number of hydrogen-bond donors (Lipinski definition) is 2. The SMILES string of the molecule is CC(Nc1nc2c(cc1C#N)CCCC2)C(N)=O. The van der Waals surface area contributed by atoms with Crippen LogP contribution in [0.15, 0.2) is 6.07 Å². The molecule has 0 fully saturated rings. The number of aromatic nitrogens is 1. The van der Waals surface area contributed by atoms with Crippen molar-refractivity contribution in [3.63, 3.8) is 0 Å². The van der Waals surface area contributed by atoms with Crippen molar-refractivity contribution in [2.45, 2.75) is 38.6 Å². The van der Waals surface area contributed by atoms with Crippen LogP contribution >= 0.6 is 0 Å². The molecule has 1 aromatic rings. The van der Waals surface area contributed by atoms with Gasteiger partial charge in [-0.05, 0) is 44.2 Å². The number of amides is 1. The van der Waals surface area contributed by atoms with Crippen molar-refractivity contribution in [3.05, 3.63) is 22.9 Å². The average molecular weight is 244 g/mol. The summed E-state index contributed by atoms with van der Waals surface area (Å²) in [4.78, 5) is 15.5. The maximum absolute atomic E-state index is 11.0. The molecule has 0 aromatic carbocycles. The smallest absolute Gasteiger partial charge is 0.239 e. The Bertz CT molecular complexity index is 518. The molecule has 1 amide bonds. The Hall–Kier alpha value is -2.09. The van der Waals surface area contributed by atoms with Gasteiger partial charge in [-0.1, -0.05) is 0 Å². The van der Waals surface area contributed by atoms with E-state index in [0.717, 1.165) is 36.9 Å². The third kappa shape index (κ3) is 2.43. The van der Waals surface area contributed by atoms with E-state index in [1.165, 1.54) is 0 Å². The van der Waals surface area contributed by atoms with Crippen molar-refractivity contribution in [3.8, 4) is 6.07 Å². The van der Waals surface area contributed by atoms with Crippen molar-refractivity contribution in [1.29, 1.82) is 5.26 Å². The summed E-state index contributed by atoms with van der Waals surface area (Å²) < 4.78 is 0. The fourth-order valence-corrected chi connectivity index (χ4v) is 2.11. The number of nitrogens with two attached hydrogens (primary N) is 1. The predicted octanol–water partition coefficient (Wildman–Crippen LogP) is 1.12. The lowest BCUT2D eigenvalue weighted by molar-refractivity contribution is -0.118. The Balaban J connectivity index is 2.34. The van der Waals surface area contributed by atoms with Crippen LogP contribution in [-0.2, 0) is 17.6 Å². The Kier molecular flexibility index (Phi) is 3.47. The number of rotatable bonds is 3. The number of nitrogens with one attached hydrogen (secondary N) is 1. The molecule has 3 N–H and O–H groups in total. The molecule has 0 radical (unpaired) electrons. The van der Waals surface area contributed by atoms with Crippen molar-refractivity contribution in [2.24, 2.45) is 5.73 Å². The lowest BCUT2D eigenvalue weighted by Crippen LogP contribution is -2.33. The van der Waals surface area contributed by atoms with Gasteiger partial charge in [0.25, 0.3) is 0 Å². The molecule has 2 rings (SSSR count). The Morgan fingerprint density at radius 3 is 2.94 bits per heavy atom. The molecule has 94 valence electrons. The summed E-state index contributed by atoms with van der Waals surface area (Å²) in [7, 11) is 0. The normalized spacial score (nSPS) is 15.3. The van der Waals surface area contributed by atoms with Crippen LogP contribution in [0.4, 0.5) is 5.82 Å². The van der Waals surface area contributed by atoms with E-state index in [1.807, 2.05) is 6.07 Å². The highest BCUT2D eigenvalue weighted by molar-refractivity contribution is 5.82. The molecule has 0 aliphatic heterocycles. The number of aryl methyl sites for hydroxylation is 2. The monoisotopic (exact) mass is 244 g/mol. The molecule has 1 atom stereocenters. The first-order valence-corrected chi connectivity index (χ1v) is 6.10. The van der Waals surface area contributed by atoms with Crippen molar-refractivity contribution in [1.82, 2.24) is 4.98 Å². The van der Waals surface area contributed by atoms with Gasteiger partial charge in [0.2, 0.25) is 5.91 Å². The van der Waals surface area contributed by atoms with Gasteiger partial charge in [0.05, 0.1) is 5.56 Å². The van der Waals surface area contributed by atoms with E-state index >= 15 is 0 Å². The molecule has 5 heteroatoms. The van der Waals surface area contributed by atoms with E-state index in [2.05, 4.69) is 16.4 Å². The minimum absolute atomic E-state index is 0.460. The number of primary amides is 1. The van der Waals surface area contributed by atoms with Gasteiger partial charge in [0, 0.05) is 5.69 Å². The molecular weight excluding hydrogens is 228 g/mol. The zero-order chi connectivity index (χ0) is 13.1. The van der Waals surface area contributed by atoms with Gasteiger partial charge in [0.1, 0.15) is 17.9 Å². The van der Waals surface area contributed by atoms with Crippen LogP contribution in [0.1, 0.15) is 36.6 Å². The minimum atomic E-state index is -0.536. The number of anilines is 1. The maximum atomic E-state index is 11.0. The largest absolute Gasteiger partial charge is 0.368 e. The first-order valence-electron chi connectivity index (χ1n) is 6.10. The zero-order valence-corrected chi connectivity index (χ0v) is 10.4. The Morgan fingerprint density at radius 1 is 1.56 bits per heavy atom. The Labute approximate surface area is 106 Å². The van der Waals surface area contributed by atoms with Crippen LogP contribution in [0.3, 0.4) is 0 Å². The topological polar surface area (TPSA) is 91.8 Å². The Morgan fingerprint density at radius 2 is 2.28 bits per heavy atom. The molecule has 1 unspecified atom stereocenters. The molecule has 0 saturated carbocycles. The first kappa shape index (κ1) is 12.4. The predicted molar refractivity (Wildman–Crippen MR) is 67.9 cm³/mol. The molecule has 1 aliphatic rings. The standard InChI is InChI=1S/C13H16N4O/c1-8(12(15)18)16-13-10(7-14)6-9-4-2-3-5-11(9)17-13/h6,8H,2-5H2,1H3,(H2,15,18)(H,16,17). The molecule has 0 saturated heterocycles. The van der Waals surface area contributed by atoms with Crippen LogP contribution in [0.25, 0.3) is 0 Å². The average Bonchev–Trinajstić information content (AvgIpc) is 2.37. The first-order chi connectivity index (χ1) is 8.61. The number of carbonyl (C=O) groups is 1. The number of hydrogen-bond acceptors (Lipinski definition) is 4. The van der Waals surface area contributed by atoms with E-state index in [0.29, 0.717) is 11.4 Å². The second kappa shape index (κ2) is 5.05. The number of fused-ring (bicyclic) bond motifs is 1. The molecule has 5 nitrogen and oxygen atoms in total. The summed E-state index contributed by atoms with van der Waals surface area (Å²) >= 11 is 0. The number of carbonyl (C=O) groups excluding carboxylic acids is 1. The van der Waals surface area contributed by atoms with Crippen LogP contribution in [0, 0.1) is 11.3 Å². The van der Waals surface area contributed by atoms with Crippen molar-refractivity contribution >= 4 is 11.7 Å². The molecule has 1 aliphatic carbocycles. The molecular formula is C13H16N4O. The van der Waals surface area contributed by atoms with Crippen LogP contribution < -0.4 is 11.1 Å². The lowest BCUT2D eigenvalue weighted by Gasteiger charge is -2.18. The van der Waals surface area contributed by atoms with Crippen LogP contribution in [-0.4, -0.2) is 16.9 Å². The minimum Gasteiger partial charge on any atom is -0.368 e. The molecule has 1 heterocycles. The molecule has 1 aromatic heterocycles. The molecule has 0 bridgehead atoms. The van der Waals surface area contributed by atoms with Gasteiger partial charge in [-0.15, -0.1) is 0 Å². The number of nitriles is 1. The summed E-state index contributed by atoms with van der Waals surface area (Å²) in [5, 5.41) is 12.0. The summed E-state index contributed by atoms with van der Waals surface area (Å²) in [5.41, 5.74) is 7.85. The van der Waals surface area contributed by atoms with E-state index in [-0.39, 0.29) is 0 Å². The van der Waals surface area contributed by atoms with Gasteiger partial charge in [-0.3, -0.25) is 4.79 Å². The summed E-state index contributed by atoms with van der Waals surface area (Å²) in [5.74, 6) is 0.00265. The van der Waals surface area contributed by atoms with E-state index < -0.39 is 11.9 Å². The highest BCUT2D eigenvalue weighted by Crippen LogP contribution is 2.24. The second-order valence-corrected chi connectivity index (χ2v) is 4.58. The van der Waals surface area contributed by atoms with E-state index in [1.54, 1.807) is 6.92 Å². The lowest BCUT2D eigenvalue weighted by atomic mass is 9.95. The van der Waals surface area contributed by atoms with Gasteiger partial charge in [-0.25, -0.2) is 4.98 Å². The van der Waals surface area contributed by atoms with Crippen molar-refractivity contribution in [2.75, 3.05) is 5.32 Å². The summed E-state index contributed by atoms with van der Waals surface area (Å²) in [6, 6.07) is 3.45. The second-order valence-electron chi connectivity index (χ2n) is 4.58. The quantitative estimate of drug-likeness (QED) is 0.833. The summed E-state index contributed by atoms with van der Waals surface area (Å²) in [6.07, 6.45) is 4.17.